The number of nitrogens with zero attached hydrogens (tertiary/aromatic N) is 5. The molecule has 310 valence electrons. The molecule has 0 unspecified atom stereocenters. The Labute approximate surface area is 380 Å². The van der Waals surface area contributed by atoms with Gasteiger partial charge < -0.3 is 9.13 Å². The Bertz CT molecular complexity index is 4120. The number of hydrogen-bond donors (Lipinski definition) is 0. The summed E-state index contributed by atoms with van der Waals surface area (Å²) in [5.74, 6) is 1.57. The highest BCUT2D eigenvalue weighted by Crippen LogP contribution is 2.44. The van der Waals surface area contributed by atoms with Crippen LogP contribution in [-0.4, -0.2) is 23.7 Å². The Kier molecular flexibility index (Phi) is 8.10. The van der Waals surface area contributed by atoms with Crippen LogP contribution in [0.3, 0.4) is 0 Å². The molecule has 1 aliphatic rings. The smallest absolute Gasteiger partial charge is 0.161 e. The van der Waals surface area contributed by atoms with Gasteiger partial charge in [-0.25, -0.2) is 9.97 Å². The molecule has 13 aromatic rings. The van der Waals surface area contributed by atoms with E-state index in [2.05, 4.69) is 226 Å². The van der Waals surface area contributed by atoms with Crippen LogP contribution in [0.2, 0.25) is 0 Å². The second-order valence-corrected chi connectivity index (χ2v) is 17.6. The summed E-state index contributed by atoms with van der Waals surface area (Å²) < 4.78 is 7.31. The highest BCUT2D eigenvalue weighted by Gasteiger charge is 2.26. The van der Waals surface area contributed by atoms with Crippen molar-refractivity contribution in [2.75, 3.05) is 0 Å². The van der Waals surface area contributed by atoms with E-state index in [1.165, 1.54) is 93.1 Å². The summed E-state index contributed by atoms with van der Waals surface area (Å²) in [5, 5.41) is 11.1. The standard InChI is InChI=1S/C61H41N5/c1-4-18-39(19-5-1)61-62-41(36-40-37-51-46(45-25-11-10-24-44(40)45)32-34-55-58(51)49-27-13-16-30-53(49)64(55)42-20-6-2-7-21-42)38-57(63-61)66-52-29-15-12-26-47(52)48-33-35-56-59(60(48)66)50-28-14-17-31-54(50)65(56)43-22-8-3-9-23-43/h1-16,18-30,32-35,37-38H,17,31,36H2. The molecule has 14 rings (SSSR count). The van der Waals surface area contributed by atoms with Crippen LogP contribution in [0, 0.1) is 0 Å². The quantitative estimate of drug-likeness (QED) is 0.156. The molecule has 0 radical (unpaired) electrons. The van der Waals surface area contributed by atoms with Crippen molar-refractivity contribution >= 4 is 82.1 Å². The normalized spacial score (nSPS) is 12.7. The van der Waals surface area contributed by atoms with Crippen LogP contribution in [0.1, 0.15) is 28.9 Å². The number of hydrogen-bond acceptors (Lipinski definition) is 2. The molecule has 0 saturated heterocycles. The predicted molar refractivity (Wildman–Crippen MR) is 275 cm³/mol. The third-order valence-corrected chi connectivity index (χ3v) is 13.9. The molecule has 0 saturated carbocycles. The number of para-hydroxylation sites is 4. The van der Waals surface area contributed by atoms with Gasteiger partial charge in [0, 0.05) is 67.6 Å². The fraction of sp³-hybridized carbons (Fsp3) is 0.0492. The number of benzene rings is 9. The SMILES string of the molecule is C1=Cc2c(n(-c3ccccc3)c3ccc4c5ccccc5n(-c5cc(Cc6cc7c(ccc8c7c7ccccc7n8-c7ccccc7)c7ccccc67)nc(-c6ccccc6)n5)c4c23)CC1. The van der Waals surface area contributed by atoms with Crippen LogP contribution in [0.15, 0.2) is 206 Å². The van der Waals surface area contributed by atoms with Gasteiger partial charge in [-0.05, 0) is 94.5 Å². The van der Waals surface area contributed by atoms with Crippen molar-refractivity contribution in [1.82, 2.24) is 23.7 Å². The van der Waals surface area contributed by atoms with Crippen molar-refractivity contribution in [2.45, 2.75) is 19.3 Å². The third-order valence-electron chi connectivity index (χ3n) is 13.9. The first-order valence-corrected chi connectivity index (χ1v) is 22.9. The van der Waals surface area contributed by atoms with Gasteiger partial charge in [-0.3, -0.25) is 4.57 Å². The van der Waals surface area contributed by atoms with E-state index in [0.717, 1.165) is 41.1 Å². The molecule has 66 heavy (non-hydrogen) atoms. The van der Waals surface area contributed by atoms with E-state index in [1.54, 1.807) is 0 Å². The van der Waals surface area contributed by atoms with Crippen LogP contribution >= 0.6 is 0 Å². The van der Waals surface area contributed by atoms with Crippen molar-refractivity contribution in [3.05, 3.63) is 229 Å². The van der Waals surface area contributed by atoms with Gasteiger partial charge in [0.15, 0.2) is 5.82 Å². The maximum absolute atomic E-state index is 5.52. The first kappa shape index (κ1) is 36.9. The van der Waals surface area contributed by atoms with E-state index in [-0.39, 0.29) is 0 Å². The van der Waals surface area contributed by atoms with Gasteiger partial charge in [0.1, 0.15) is 5.82 Å². The monoisotopic (exact) mass is 843 g/mol. The van der Waals surface area contributed by atoms with Gasteiger partial charge in [0.2, 0.25) is 0 Å². The molecule has 0 aliphatic heterocycles. The average Bonchev–Trinajstić information content (AvgIpc) is 4.03. The zero-order valence-electron chi connectivity index (χ0n) is 36.1. The summed E-state index contributed by atoms with van der Waals surface area (Å²) in [4.78, 5) is 11.0. The topological polar surface area (TPSA) is 40.6 Å². The van der Waals surface area contributed by atoms with E-state index >= 15 is 0 Å². The van der Waals surface area contributed by atoms with Crippen LogP contribution in [0.25, 0.3) is 111 Å². The molecule has 5 heteroatoms. The average molecular weight is 844 g/mol. The summed E-state index contributed by atoms with van der Waals surface area (Å²) in [6.07, 6.45) is 7.30. The molecule has 0 bridgehead atoms. The molecule has 0 atom stereocenters. The Morgan fingerprint density at radius 1 is 0.424 bits per heavy atom. The molecule has 0 fully saturated rings. The lowest BCUT2D eigenvalue weighted by molar-refractivity contribution is 0.888. The van der Waals surface area contributed by atoms with Gasteiger partial charge >= 0.3 is 0 Å². The molecule has 9 aromatic carbocycles. The summed E-state index contributed by atoms with van der Waals surface area (Å²) in [5.41, 5.74) is 14.0. The molecule has 0 N–H and O–H groups in total. The number of allylic oxidation sites excluding steroid dienone is 1. The molecule has 4 heterocycles. The molecule has 0 spiro atoms. The second-order valence-electron chi connectivity index (χ2n) is 17.6. The first-order chi connectivity index (χ1) is 32.8. The largest absolute Gasteiger partial charge is 0.313 e. The minimum atomic E-state index is 0.620. The van der Waals surface area contributed by atoms with Crippen molar-refractivity contribution in [3.63, 3.8) is 0 Å². The van der Waals surface area contributed by atoms with Crippen molar-refractivity contribution in [3.8, 4) is 28.6 Å². The van der Waals surface area contributed by atoms with E-state index < -0.39 is 0 Å². The predicted octanol–water partition coefficient (Wildman–Crippen LogP) is 15.1. The van der Waals surface area contributed by atoms with Crippen LogP contribution in [-0.2, 0) is 12.8 Å². The zero-order valence-corrected chi connectivity index (χ0v) is 36.1. The lowest BCUT2D eigenvalue weighted by Gasteiger charge is -2.15. The number of aromatic nitrogens is 5. The Balaban J connectivity index is 1.04. The van der Waals surface area contributed by atoms with Gasteiger partial charge in [-0.1, -0.05) is 152 Å². The van der Waals surface area contributed by atoms with Crippen LogP contribution in [0.4, 0.5) is 0 Å². The van der Waals surface area contributed by atoms with Gasteiger partial charge in [-0.15, -0.1) is 0 Å². The fourth-order valence-electron chi connectivity index (χ4n) is 11.2. The first-order valence-electron chi connectivity index (χ1n) is 22.9. The maximum Gasteiger partial charge on any atom is 0.161 e. The molecular weight excluding hydrogens is 803 g/mol. The van der Waals surface area contributed by atoms with Gasteiger partial charge in [0.05, 0.1) is 33.3 Å². The summed E-state index contributed by atoms with van der Waals surface area (Å²) in [6.45, 7) is 0. The minimum absolute atomic E-state index is 0.620. The molecular formula is C61H41N5. The molecule has 1 aliphatic carbocycles. The van der Waals surface area contributed by atoms with E-state index in [4.69, 9.17) is 9.97 Å². The summed E-state index contributed by atoms with van der Waals surface area (Å²) >= 11 is 0. The lowest BCUT2D eigenvalue weighted by atomic mass is 9.92. The number of rotatable bonds is 6. The van der Waals surface area contributed by atoms with Crippen molar-refractivity contribution in [1.29, 1.82) is 0 Å². The van der Waals surface area contributed by atoms with Gasteiger partial charge in [0.25, 0.3) is 0 Å². The summed E-state index contributed by atoms with van der Waals surface area (Å²) in [7, 11) is 0. The van der Waals surface area contributed by atoms with Gasteiger partial charge in [-0.2, -0.15) is 0 Å². The zero-order chi connectivity index (χ0) is 43.3. The molecule has 0 amide bonds. The molecule has 5 nitrogen and oxygen atoms in total. The number of fused-ring (bicyclic) bond motifs is 14. The van der Waals surface area contributed by atoms with Crippen molar-refractivity contribution in [2.24, 2.45) is 0 Å². The molecule has 4 aromatic heterocycles. The Morgan fingerprint density at radius 3 is 1.77 bits per heavy atom. The highest BCUT2D eigenvalue weighted by molar-refractivity contribution is 6.26. The maximum atomic E-state index is 5.52. The third kappa shape index (κ3) is 5.47. The Morgan fingerprint density at radius 2 is 1.02 bits per heavy atom. The second kappa shape index (κ2) is 14.5. The Hall–Kier alpha value is -8.54. The minimum Gasteiger partial charge on any atom is -0.313 e. The summed E-state index contributed by atoms with van der Waals surface area (Å²) in [6, 6.07) is 72.5. The van der Waals surface area contributed by atoms with Crippen LogP contribution in [0.5, 0.6) is 0 Å². The van der Waals surface area contributed by atoms with Crippen molar-refractivity contribution < 1.29 is 0 Å². The van der Waals surface area contributed by atoms with E-state index in [9.17, 15) is 0 Å². The van der Waals surface area contributed by atoms with E-state index in [0.29, 0.717) is 12.2 Å². The van der Waals surface area contributed by atoms with E-state index in [1.807, 2.05) is 0 Å². The highest BCUT2D eigenvalue weighted by atomic mass is 15.1. The fourth-order valence-corrected chi connectivity index (χ4v) is 11.2. The lowest BCUT2D eigenvalue weighted by Crippen LogP contribution is -2.05. The van der Waals surface area contributed by atoms with Crippen LogP contribution < -0.4 is 0 Å².